The summed E-state index contributed by atoms with van der Waals surface area (Å²) in [5.74, 6) is -0.335. The van der Waals surface area contributed by atoms with E-state index in [1.807, 2.05) is 32.0 Å². The summed E-state index contributed by atoms with van der Waals surface area (Å²) in [6.45, 7) is 5.25. The van der Waals surface area contributed by atoms with E-state index in [-0.39, 0.29) is 24.9 Å². The van der Waals surface area contributed by atoms with E-state index in [0.717, 1.165) is 16.8 Å². The number of carbonyl (C=O) groups excluding carboxylic acids is 2. The Morgan fingerprint density at radius 1 is 1.23 bits per heavy atom. The first-order chi connectivity index (χ1) is 10.5. The maximum Gasteiger partial charge on any atom is 0.243 e. The van der Waals surface area contributed by atoms with Crippen molar-refractivity contribution in [1.29, 1.82) is 0 Å². The van der Waals surface area contributed by atoms with Gasteiger partial charge in [-0.25, -0.2) is 0 Å². The number of para-hydroxylation sites is 1. The van der Waals surface area contributed by atoms with Crippen LogP contribution in [0.4, 0.5) is 5.69 Å². The molecule has 0 aliphatic rings. The number of amides is 2. The number of anilines is 1. The number of hydrogen-bond donors (Lipinski definition) is 2. The lowest BCUT2D eigenvalue weighted by Crippen LogP contribution is -2.40. The summed E-state index contributed by atoms with van der Waals surface area (Å²) in [7, 11) is 3.22. The van der Waals surface area contributed by atoms with Gasteiger partial charge in [0.2, 0.25) is 11.8 Å². The largest absolute Gasteiger partial charge is 0.383 e. The fourth-order valence-electron chi connectivity index (χ4n) is 2.00. The Morgan fingerprint density at radius 3 is 2.45 bits per heavy atom. The van der Waals surface area contributed by atoms with Gasteiger partial charge in [0.05, 0.1) is 19.7 Å². The summed E-state index contributed by atoms with van der Waals surface area (Å²) in [6, 6.07) is 5.83. The molecule has 0 aliphatic heterocycles. The molecule has 0 fully saturated rings. The molecule has 122 valence electrons. The van der Waals surface area contributed by atoms with E-state index < -0.39 is 0 Å². The second-order valence-electron chi connectivity index (χ2n) is 5.23. The van der Waals surface area contributed by atoms with Gasteiger partial charge in [-0.15, -0.1) is 0 Å². The smallest absolute Gasteiger partial charge is 0.243 e. The van der Waals surface area contributed by atoms with Gasteiger partial charge in [0, 0.05) is 26.4 Å². The number of ether oxygens (including phenoxy) is 1. The summed E-state index contributed by atoms with van der Waals surface area (Å²) in [5.41, 5.74) is 2.82. The second-order valence-corrected chi connectivity index (χ2v) is 5.23. The highest BCUT2D eigenvalue weighted by atomic mass is 16.5. The number of methoxy groups -OCH3 is 1. The van der Waals surface area contributed by atoms with Crippen LogP contribution in [0.5, 0.6) is 0 Å². The molecule has 1 aromatic carbocycles. The van der Waals surface area contributed by atoms with Crippen molar-refractivity contribution < 1.29 is 14.3 Å². The van der Waals surface area contributed by atoms with E-state index in [0.29, 0.717) is 13.2 Å². The highest BCUT2D eigenvalue weighted by Gasteiger charge is 2.14. The van der Waals surface area contributed by atoms with Gasteiger partial charge in [0.1, 0.15) is 0 Å². The number of rotatable bonds is 8. The van der Waals surface area contributed by atoms with E-state index in [1.165, 1.54) is 4.90 Å². The standard InChI is InChI=1S/C16H25N3O3/c1-12-6-5-7-13(2)16(12)18-14(20)11-19(3)15(21)10-17-8-9-22-4/h5-7,17H,8-11H2,1-4H3,(H,18,20). The molecule has 2 amide bonds. The van der Waals surface area contributed by atoms with Gasteiger partial charge in [-0.05, 0) is 25.0 Å². The average Bonchev–Trinajstić information content (AvgIpc) is 2.47. The number of nitrogens with one attached hydrogen (secondary N) is 2. The number of benzene rings is 1. The van der Waals surface area contributed by atoms with Gasteiger partial charge in [0.25, 0.3) is 0 Å². The Morgan fingerprint density at radius 2 is 1.86 bits per heavy atom. The van der Waals surface area contributed by atoms with E-state index >= 15 is 0 Å². The van der Waals surface area contributed by atoms with Crippen LogP contribution in [0.3, 0.4) is 0 Å². The van der Waals surface area contributed by atoms with Crippen molar-refractivity contribution in [2.75, 3.05) is 45.7 Å². The number of nitrogens with zero attached hydrogens (tertiary/aromatic N) is 1. The van der Waals surface area contributed by atoms with Crippen molar-refractivity contribution >= 4 is 17.5 Å². The predicted octanol–water partition coefficient (Wildman–Crippen LogP) is 0.936. The molecule has 0 saturated carbocycles. The van der Waals surface area contributed by atoms with E-state index in [4.69, 9.17) is 4.74 Å². The van der Waals surface area contributed by atoms with Crippen LogP contribution in [0, 0.1) is 13.8 Å². The number of carbonyl (C=O) groups is 2. The third-order valence-electron chi connectivity index (χ3n) is 3.31. The first-order valence-electron chi connectivity index (χ1n) is 7.25. The molecule has 2 N–H and O–H groups in total. The first-order valence-corrected chi connectivity index (χ1v) is 7.25. The molecular formula is C16H25N3O3. The highest BCUT2D eigenvalue weighted by molar-refractivity contribution is 5.95. The zero-order valence-electron chi connectivity index (χ0n) is 13.7. The molecule has 1 aromatic rings. The maximum absolute atomic E-state index is 12.1. The van der Waals surface area contributed by atoms with Crippen molar-refractivity contribution in [3.05, 3.63) is 29.3 Å². The van der Waals surface area contributed by atoms with Crippen molar-refractivity contribution in [2.45, 2.75) is 13.8 Å². The Hall–Kier alpha value is -1.92. The summed E-state index contributed by atoms with van der Waals surface area (Å²) in [6.07, 6.45) is 0. The summed E-state index contributed by atoms with van der Waals surface area (Å²) >= 11 is 0. The van der Waals surface area contributed by atoms with Crippen LogP contribution in [0.2, 0.25) is 0 Å². The lowest BCUT2D eigenvalue weighted by Gasteiger charge is -2.18. The van der Waals surface area contributed by atoms with E-state index in [2.05, 4.69) is 10.6 Å². The Labute approximate surface area is 131 Å². The molecule has 0 unspecified atom stereocenters. The maximum atomic E-state index is 12.1. The van der Waals surface area contributed by atoms with Gasteiger partial charge in [0.15, 0.2) is 0 Å². The lowest BCUT2D eigenvalue weighted by atomic mass is 10.1. The van der Waals surface area contributed by atoms with Crippen LogP contribution in [0.1, 0.15) is 11.1 Å². The molecule has 0 saturated heterocycles. The first kappa shape index (κ1) is 18.1. The van der Waals surface area contributed by atoms with Gasteiger partial charge < -0.3 is 20.3 Å². The summed E-state index contributed by atoms with van der Waals surface area (Å²) in [5, 5.41) is 5.83. The molecule has 0 radical (unpaired) electrons. The minimum Gasteiger partial charge on any atom is -0.383 e. The average molecular weight is 307 g/mol. The Kier molecular flexibility index (Phi) is 7.56. The molecule has 6 nitrogen and oxygen atoms in total. The van der Waals surface area contributed by atoms with Gasteiger partial charge in [-0.3, -0.25) is 9.59 Å². The predicted molar refractivity (Wildman–Crippen MR) is 86.9 cm³/mol. The molecule has 0 spiro atoms. The number of likely N-dealkylation sites (N-methyl/N-ethyl adjacent to an activating group) is 1. The minimum atomic E-state index is -0.204. The lowest BCUT2D eigenvalue weighted by molar-refractivity contribution is -0.132. The highest BCUT2D eigenvalue weighted by Crippen LogP contribution is 2.19. The van der Waals surface area contributed by atoms with Gasteiger partial charge in [-0.1, -0.05) is 18.2 Å². The molecule has 0 bridgehead atoms. The zero-order valence-corrected chi connectivity index (χ0v) is 13.7. The summed E-state index contributed by atoms with van der Waals surface area (Å²) in [4.78, 5) is 25.3. The third kappa shape index (κ3) is 5.83. The Balaban J connectivity index is 2.45. The fourth-order valence-corrected chi connectivity index (χ4v) is 2.00. The van der Waals surface area contributed by atoms with Crippen LogP contribution in [0.15, 0.2) is 18.2 Å². The normalized spacial score (nSPS) is 10.4. The molecule has 0 atom stereocenters. The summed E-state index contributed by atoms with van der Waals surface area (Å²) < 4.78 is 4.89. The number of aryl methyl sites for hydroxylation is 2. The van der Waals surface area contributed by atoms with Gasteiger partial charge >= 0.3 is 0 Å². The van der Waals surface area contributed by atoms with Crippen LogP contribution >= 0.6 is 0 Å². The van der Waals surface area contributed by atoms with Crippen LogP contribution in [0.25, 0.3) is 0 Å². The van der Waals surface area contributed by atoms with Gasteiger partial charge in [-0.2, -0.15) is 0 Å². The number of hydrogen-bond acceptors (Lipinski definition) is 4. The fraction of sp³-hybridized carbons (Fsp3) is 0.500. The van der Waals surface area contributed by atoms with Crippen LogP contribution in [-0.4, -0.2) is 57.1 Å². The quantitative estimate of drug-likeness (QED) is 0.701. The molecule has 1 rings (SSSR count). The van der Waals surface area contributed by atoms with Crippen molar-refractivity contribution in [3.8, 4) is 0 Å². The van der Waals surface area contributed by atoms with Crippen molar-refractivity contribution in [2.24, 2.45) is 0 Å². The molecule has 0 aromatic heterocycles. The zero-order chi connectivity index (χ0) is 16.5. The molecule has 0 heterocycles. The molecule has 0 aliphatic carbocycles. The monoisotopic (exact) mass is 307 g/mol. The molecule has 22 heavy (non-hydrogen) atoms. The van der Waals surface area contributed by atoms with Crippen LogP contribution < -0.4 is 10.6 Å². The topological polar surface area (TPSA) is 70.7 Å². The van der Waals surface area contributed by atoms with Crippen molar-refractivity contribution in [3.63, 3.8) is 0 Å². The van der Waals surface area contributed by atoms with Crippen molar-refractivity contribution in [1.82, 2.24) is 10.2 Å². The molecular weight excluding hydrogens is 282 g/mol. The third-order valence-corrected chi connectivity index (χ3v) is 3.31. The minimum absolute atomic E-state index is 0.0264. The van der Waals surface area contributed by atoms with E-state index in [9.17, 15) is 9.59 Å². The Bertz CT molecular complexity index is 497. The van der Waals surface area contributed by atoms with E-state index in [1.54, 1.807) is 14.2 Å². The molecule has 6 heteroatoms. The van der Waals surface area contributed by atoms with Crippen LogP contribution in [-0.2, 0) is 14.3 Å². The second kappa shape index (κ2) is 9.17. The SMILES string of the molecule is COCCNCC(=O)N(C)CC(=O)Nc1c(C)cccc1C.